The summed E-state index contributed by atoms with van der Waals surface area (Å²) in [6, 6.07) is 7.13. The third kappa shape index (κ3) is 3.68. The van der Waals surface area contributed by atoms with Crippen LogP contribution in [0.4, 0.5) is 0 Å². The zero-order valence-corrected chi connectivity index (χ0v) is 9.89. The molecule has 1 aromatic carbocycles. The molecule has 80 valence electrons. The molecule has 0 amide bonds. The molecule has 15 heavy (non-hydrogen) atoms. The first-order chi connectivity index (χ1) is 7.00. The molecule has 0 spiro atoms. The number of halogens is 1. The molecule has 0 N–H and O–H groups in total. The Morgan fingerprint density at radius 1 is 1.33 bits per heavy atom. The summed E-state index contributed by atoms with van der Waals surface area (Å²) in [7, 11) is 0. The standard InChI is InChI=1S/C11H11ClO2S/c1-7-2-4-8(5-3-7)11(14)9(15)6-10(12)13/h2-5,9,15H,6H2,1H3. The lowest BCUT2D eigenvalue weighted by molar-refractivity contribution is -0.111. The first-order valence-corrected chi connectivity index (χ1v) is 5.37. The normalized spacial score (nSPS) is 12.2. The highest BCUT2D eigenvalue weighted by Crippen LogP contribution is 2.13. The van der Waals surface area contributed by atoms with Gasteiger partial charge in [-0.05, 0) is 18.5 Å². The predicted octanol–water partition coefficient (Wildman–Crippen LogP) is 2.63. The lowest BCUT2D eigenvalue weighted by atomic mass is 10.1. The van der Waals surface area contributed by atoms with Crippen LogP contribution in [0, 0.1) is 6.92 Å². The van der Waals surface area contributed by atoms with Gasteiger partial charge >= 0.3 is 0 Å². The van der Waals surface area contributed by atoms with Gasteiger partial charge in [-0.2, -0.15) is 12.6 Å². The van der Waals surface area contributed by atoms with Gasteiger partial charge < -0.3 is 0 Å². The third-order valence-electron chi connectivity index (χ3n) is 1.99. The SMILES string of the molecule is Cc1ccc(C(=O)C(S)CC(=O)Cl)cc1. The van der Waals surface area contributed by atoms with Gasteiger partial charge in [0.2, 0.25) is 5.24 Å². The Kier molecular flexibility index (Phi) is 4.36. The second-order valence-corrected chi connectivity index (χ2v) is 4.35. The molecule has 1 aromatic rings. The van der Waals surface area contributed by atoms with E-state index in [1.165, 1.54) is 0 Å². The first-order valence-electron chi connectivity index (χ1n) is 4.48. The second kappa shape index (κ2) is 5.33. The van der Waals surface area contributed by atoms with Crippen molar-refractivity contribution >= 4 is 35.3 Å². The molecule has 1 rings (SSSR count). The van der Waals surface area contributed by atoms with Crippen molar-refractivity contribution in [3.63, 3.8) is 0 Å². The number of hydrogen-bond donors (Lipinski definition) is 1. The predicted molar refractivity (Wildman–Crippen MR) is 63.8 cm³/mol. The molecular formula is C11H11ClO2S. The van der Waals surface area contributed by atoms with Crippen LogP contribution < -0.4 is 0 Å². The van der Waals surface area contributed by atoms with Crippen molar-refractivity contribution in [3.8, 4) is 0 Å². The van der Waals surface area contributed by atoms with Crippen LogP contribution in [0.1, 0.15) is 22.3 Å². The maximum Gasteiger partial charge on any atom is 0.223 e. The van der Waals surface area contributed by atoms with Gasteiger partial charge in [0, 0.05) is 12.0 Å². The fourth-order valence-electron chi connectivity index (χ4n) is 1.15. The van der Waals surface area contributed by atoms with E-state index in [2.05, 4.69) is 12.6 Å². The average Bonchev–Trinajstić information content (AvgIpc) is 2.17. The molecule has 4 heteroatoms. The average molecular weight is 243 g/mol. The van der Waals surface area contributed by atoms with Crippen molar-refractivity contribution in [2.75, 3.05) is 0 Å². The minimum Gasteiger partial charge on any atom is -0.293 e. The van der Waals surface area contributed by atoms with Gasteiger partial charge in [-0.1, -0.05) is 29.8 Å². The topological polar surface area (TPSA) is 34.1 Å². The highest BCUT2D eigenvalue weighted by atomic mass is 35.5. The van der Waals surface area contributed by atoms with Gasteiger partial charge in [0.05, 0.1) is 5.25 Å². The van der Waals surface area contributed by atoms with Gasteiger partial charge in [-0.15, -0.1) is 0 Å². The summed E-state index contributed by atoms with van der Waals surface area (Å²) in [4.78, 5) is 22.3. The molecule has 0 aromatic heterocycles. The van der Waals surface area contributed by atoms with E-state index in [1.54, 1.807) is 12.1 Å². The largest absolute Gasteiger partial charge is 0.293 e. The van der Waals surface area contributed by atoms with Crippen LogP contribution in [0.25, 0.3) is 0 Å². The van der Waals surface area contributed by atoms with Crippen molar-refractivity contribution in [2.45, 2.75) is 18.6 Å². The number of ketones is 1. The number of thiol groups is 1. The molecule has 0 saturated carbocycles. The van der Waals surface area contributed by atoms with Gasteiger partial charge in [-0.3, -0.25) is 9.59 Å². The summed E-state index contributed by atoms with van der Waals surface area (Å²) in [5.41, 5.74) is 1.63. The van der Waals surface area contributed by atoms with Gasteiger partial charge in [0.15, 0.2) is 5.78 Å². The molecule has 1 unspecified atom stereocenters. The minimum absolute atomic E-state index is 0.0443. The van der Waals surface area contributed by atoms with Crippen molar-refractivity contribution < 1.29 is 9.59 Å². The maximum atomic E-state index is 11.7. The summed E-state index contributed by atoms with van der Waals surface area (Å²) in [5.74, 6) is -0.174. The van der Waals surface area contributed by atoms with E-state index in [4.69, 9.17) is 11.6 Å². The number of carbonyl (C=O) groups excluding carboxylic acids is 2. The van der Waals surface area contributed by atoms with Crippen LogP contribution in [0.3, 0.4) is 0 Å². The van der Waals surface area contributed by atoms with E-state index >= 15 is 0 Å². The van der Waals surface area contributed by atoms with Gasteiger partial charge in [0.25, 0.3) is 0 Å². The van der Waals surface area contributed by atoms with Gasteiger partial charge in [0.1, 0.15) is 0 Å². The van der Waals surface area contributed by atoms with E-state index in [9.17, 15) is 9.59 Å². The highest BCUT2D eigenvalue weighted by Gasteiger charge is 2.18. The highest BCUT2D eigenvalue weighted by molar-refractivity contribution is 7.81. The van der Waals surface area contributed by atoms with Crippen molar-refractivity contribution in [1.29, 1.82) is 0 Å². The Hall–Kier alpha value is -0.800. The van der Waals surface area contributed by atoms with E-state index in [-0.39, 0.29) is 12.2 Å². The Bertz CT molecular complexity index is 373. The molecule has 0 aliphatic rings. The van der Waals surface area contributed by atoms with Crippen molar-refractivity contribution in [1.82, 2.24) is 0 Å². The number of rotatable bonds is 4. The van der Waals surface area contributed by atoms with Crippen LogP contribution in [0.15, 0.2) is 24.3 Å². The van der Waals surface area contributed by atoms with Crippen LogP contribution in [-0.4, -0.2) is 16.3 Å². The van der Waals surface area contributed by atoms with E-state index < -0.39 is 10.5 Å². The zero-order chi connectivity index (χ0) is 11.4. The Morgan fingerprint density at radius 2 is 1.87 bits per heavy atom. The second-order valence-electron chi connectivity index (χ2n) is 3.31. The molecule has 0 aliphatic carbocycles. The quantitative estimate of drug-likeness (QED) is 0.500. The lowest BCUT2D eigenvalue weighted by Gasteiger charge is -2.06. The Morgan fingerprint density at radius 3 is 2.33 bits per heavy atom. The fourth-order valence-corrected chi connectivity index (χ4v) is 1.73. The molecule has 1 atom stereocenters. The van der Waals surface area contributed by atoms with E-state index in [1.807, 2.05) is 19.1 Å². The molecule has 0 saturated heterocycles. The summed E-state index contributed by atoms with van der Waals surface area (Å²) >= 11 is 9.24. The van der Waals surface area contributed by atoms with Crippen LogP contribution in [-0.2, 0) is 4.79 Å². The number of hydrogen-bond acceptors (Lipinski definition) is 3. The molecule has 0 heterocycles. The Balaban J connectivity index is 2.76. The molecule has 0 bridgehead atoms. The first kappa shape index (κ1) is 12.3. The maximum absolute atomic E-state index is 11.7. The van der Waals surface area contributed by atoms with E-state index in [0.29, 0.717) is 5.56 Å². The molecule has 2 nitrogen and oxygen atoms in total. The Labute approximate surface area is 99.0 Å². The van der Waals surface area contributed by atoms with Crippen LogP contribution >= 0.6 is 24.2 Å². The number of benzene rings is 1. The zero-order valence-electron chi connectivity index (χ0n) is 8.24. The molecule has 0 aliphatic heterocycles. The van der Waals surface area contributed by atoms with Crippen molar-refractivity contribution in [3.05, 3.63) is 35.4 Å². The molecule has 0 fully saturated rings. The number of carbonyl (C=O) groups is 2. The van der Waals surface area contributed by atoms with E-state index in [0.717, 1.165) is 5.56 Å². The summed E-state index contributed by atoms with van der Waals surface area (Å²) < 4.78 is 0. The fraction of sp³-hybridized carbons (Fsp3) is 0.273. The molecular weight excluding hydrogens is 232 g/mol. The molecule has 0 radical (unpaired) electrons. The smallest absolute Gasteiger partial charge is 0.223 e. The minimum atomic E-state index is -0.655. The van der Waals surface area contributed by atoms with Crippen LogP contribution in [0.5, 0.6) is 0 Å². The number of Topliss-reactive ketones (excluding diaryl/α,β-unsaturated/α-hetero) is 1. The summed E-state index contributed by atoms with van der Waals surface area (Å²) in [6.45, 7) is 1.94. The number of aryl methyl sites for hydroxylation is 1. The summed E-state index contributed by atoms with van der Waals surface area (Å²) in [6.07, 6.45) is -0.0443. The lowest BCUT2D eigenvalue weighted by Crippen LogP contribution is -2.17. The summed E-state index contributed by atoms with van der Waals surface area (Å²) in [5, 5.41) is -1.20. The third-order valence-corrected chi connectivity index (χ3v) is 2.56. The monoisotopic (exact) mass is 242 g/mol. The van der Waals surface area contributed by atoms with Crippen LogP contribution in [0.2, 0.25) is 0 Å². The van der Waals surface area contributed by atoms with Crippen molar-refractivity contribution in [2.24, 2.45) is 0 Å². The van der Waals surface area contributed by atoms with Gasteiger partial charge in [-0.25, -0.2) is 0 Å².